The molecule has 0 aromatic heterocycles. The lowest BCUT2D eigenvalue weighted by molar-refractivity contribution is 0.189. The van der Waals surface area contributed by atoms with Crippen LogP contribution in [0.4, 0.5) is 0 Å². The van der Waals surface area contributed by atoms with Crippen molar-refractivity contribution in [1.82, 2.24) is 5.32 Å². The molecule has 0 saturated heterocycles. The largest absolute Gasteiger partial charge is 0.310 e. The van der Waals surface area contributed by atoms with Gasteiger partial charge >= 0.3 is 0 Å². The number of rotatable bonds is 6. The third-order valence-corrected chi connectivity index (χ3v) is 5.26. The van der Waals surface area contributed by atoms with Gasteiger partial charge in [0, 0.05) is 6.04 Å². The van der Waals surface area contributed by atoms with E-state index in [1.165, 1.54) is 43.2 Å². The van der Waals surface area contributed by atoms with E-state index in [2.05, 4.69) is 57.3 Å². The first-order chi connectivity index (χ1) is 9.63. The number of hydrogen-bond acceptors (Lipinski definition) is 1. The zero-order chi connectivity index (χ0) is 14.6. The topological polar surface area (TPSA) is 12.0 Å². The molecule has 1 aromatic rings. The summed E-state index contributed by atoms with van der Waals surface area (Å²) < 4.78 is 0. The van der Waals surface area contributed by atoms with E-state index in [0.717, 1.165) is 6.54 Å². The Morgan fingerprint density at radius 3 is 2.00 bits per heavy atom. The van der Waals surface area contributed by atoms with Gasteiger partial charge in [-0.1, -0.05) is 64.8 Å². The molecule has 1 aromatic carbocycles. The Hall–Kier alpha value is -0.820. The minimum atomic E-state index is 0.482. The van der Waals surface area contributed by atoms with E-state index in [9.17, 15) is 0 Å². The fraction of sp³-hybridized carbons (Fsp3) is 0.684. The van der Waals surface area contributed by atoms with E-state index in [1.807, 2.05) is 0 Å². The van der Waals surface area contributed by atoms with Crippen LogP contribution in [0.3, 0.4) is 0 Å². The molecule has 1 unspecified atom stereocenters. The second-order valence-corrected chi connectivity index (χ2v) is 6.74. The van der Waals surface area contributed by atoms with Gasteiger partial charge in [-0.05, 0) is 48.3 Å². The lowest BCUT2D eigenvalue weighted by atomic mass is 9.73. The summed E-state index contributed by atoms with van der Waals surface area (Å²) in [6.07, 6.45) is 6.86. The summed E-state index contributed by atoms with van der Waals surface area (Å²) in [6.45, 7) is 10.2. The number of nitrogens with one attached hydrogen (secondary N) is 1. The Balaban J connectivity index is 2.27. The highest BCUT2D eigenvalue weighted by Crippen LogP contribution is 2.50. The molecule has 0 spiro atoms. The molecule has 20 heavy (non-hydrogen) atoms. The van der Waals surface area contributed by atoms with Gasteiger partial charge in [-0.2, -0.15) is 0 Å². The molecule has 0 bridgehead atoms. The van der Waals surface area contributed by atoms with Crippen molar-refractivity contribution in [1.29, 1.82) is 0 Å². The van der Waals surface area contributed by atoms with Crippen LogP contribution in [0.5, 0.6) is 0 Å². The second-order valence-electron chi connectivity index (χ2n) is 6.74. The van der Waals surface area contributed by atoms with Crippen LogP contribution in [0, 0.1) is 5.41 Å². The average Bonchev–Trinajstić information content (AvgIpc) is 2.95. The van der Waals surface area contributed by atoms with E-state index in [4.69, 9.17) is 0 Å². The van der Waals surface area contributed by atoms with Crippen molar-refractivity contribution in [3.8, 4) is 0 Å². The molecule has 112 valence electrons. The zero-order valence-electron chi connectivity index (χ0n) is 13.7. The Labute approximate surface area is 125 Å². The lowest BCUT2D eigenvalue weighted by Gasteiger charge is -2.38. The molecule has 1 heteroatoms. The van der Waals surface area contributed by atoms with Gasteiger partial charge in [0.05, 0.1) is 0 Å². The predicted octanol–water partition coefficient (Wildman–Crippen LogP) is 5.43. The van der Waals surface area contributed by atoms with Gasteiger partial charge in [0.25, 0.3) is 0 Å². The zero-order valence-corrected chi connectivity index (χ0v) is 13.7. The van der Waals surface area contributed by atoms with Gasteiger partial charge in [-0.15, -0.1) is 0 Å². The standard InChI is InChI=1S/C19H31N/c1-5-19(13-7-8-14-19)18(20-6-2)17-11-9-16(10-12-17)15(3)4/h9-12,15,18,20H,5-8,13-14H2,1-4H3. The lowest BCUT2D eigenvalue weighted by Crippen LogP contribution is -2.36. The van der Waals surface area contributed by atoms with Crippen LogP contribution in [0.2, 0.25) is 0 Å². The highest BCUT2D eigenvalue weighted by atomic mass is 14.9. The maximum atomic E-state index is 3.78. The van der Waals surface area contributed by atoms with E-state index in [0.29, 0.717) is 17.4 Å². The van der Waals surface area contributed by atoms with Gasteiger partial charge in [0.2, 0.25) is 0 Å². The van der Waals surface area contributed by atoms with Gasteiger partial charge in [0.1, 0.15) is 0 Å². The molecule has 1 saturated carbocycles. The summed E-state index contributed by atoms with van der Waals surface area (Å²) in [5.41, 5.74) is 3.41. The maximum Gasteiger partial charge on any atom is 0.0376 e. The van der Waals surface area contributed by atoms with Crippen LogP contribution in [0.25, 0.3) is 0 Å². The third-order valence-electron chi connectivity index (χ3n) is 5.26. The van der Waals surface area contributed by atoms with Gasteiger partial charge in [0.15, 0.2) is 0 Å². The van der Waals surface area contributed by atoms with E-state index < -0.39 is 0 Å². The predicted molar refractivity (Wildman–Crippen MR) is 88.1 cm³/mol. The minimum absolute atomic E-state index is 0.482. The van der Waals surface area contributed by atoms with Crippen LogP contribution < -0.4 is 5.32 Å². The molecular formula is C19H31N. The first-order valence-corrected chi connectivity index (χ1v) is 8.46. The van der Waals surface area contributed by atoms with Crippen LogP contribution in [0.15, 0.2) is 24.3 Å². The summed E-state index contributed by atoms with van der Waals surface area (Å²) in [6, 6.07) is 9.89. The van der Waals surface area contributed by atoms with Crippen LogP contribution in [0.1, 0.15) is 82.9 Å². The monoisotopic (exact) mass is 273 g/mol. The molecule has 1 nitrogen and oxygen atoms in total. The fourth-order valence-electron chi connectivity index (χ4n) is 3.89. The van der Waals surface area contributed by atoms with Gasteiger partial charge in [-0.25, -0.2) is 0 Å². The molecule has 1 N–H and O–H groups in total. The number of hydrogen-bond donors (Lipinski definition) is 1. The summed E-state index contributed by atoms with van der Waals surface area (Å²) in [4.78, 5) is 0. The molecule has 1 aliphatic carbocycles. The molecule has 1 fully saturated rings. The van der Waals surface area contributed by atoms with Crippen molar-refractivity contribution < 1.29 is 0 Å². The smallest absolute Gasteiger partial charge is 0.0376 e. The highest BCUT2D eigenvalue weighted by molar-refractivity contribution is 5.28. The van der Waals surface area contributed by atoms with Crippen molar-refractivity contribution in [2.75, 3.05) is 6.54 Å². The summed E-state index contributed by atoms with van der Waals surface area (Å²) in [5.74, 6) is 0.619. The SMILES string of the molecule is CCNC(c1ccc(C(C)C)cc1)C1(CC)CCCC1. The Bertz CT molecular complexity index is 398. The van der Waals surface area contributed by atoms with Crippen molar-refractivity contribution >= 4 is 0 Å². The maximum absolute atomic E-state index is 3.78. The Morgan fingerprint density at radius 1 is 1.00 bits per heavy atom. The molecular weight excluding hydrogens is 242 g/mol. The van der Waals surface area contributed by atoms with E-state index in [1.54, 1.807) is 0 Å². The first kappa shape index (κ1) is 15.6. The highest BCUT2D eigenvalue weighted by Gasteiger charge is 2.39. The van der Waals surface area contributed by atoms with E-state index >= 15 is 0 Å². The normalized spacial score (nSPS) is 19.4. The molecule has 1 atom stereocenters. The molecule has 1 aliphatic rings. The molecule has 0 radical (unpaired) electrons. The molecule has 0 amide bonds. The van der Waals surface area contributed by atoms with Gasteiger partial charge < -0.3 is 5.32 Å². The van der Waals surface area contributed by atoms with Crippen molar-refractivity contribution in [3.05, 3.63) is 35.4 Å². The summed E-state index contributed by atoms with van der Waals surface area (Å²) in [5, 5.41) is 3.78. The average molecular weight is 273 g/mol. The van der Waals surface area contributed by atoms with Crippen molar-refractivity contribution in [3.63, 3.8) is 0 Å². The quantitative estimate of drug-likeness (QED) is 0.728. The van der Waals surface area contributed by atoms with Crippen molar-refractivity contribution in [2.45, 2.75) is 71.8 Å². The fourth-order valence-corrected chi connectivity index (χ4v) is 3.89. The van der Waals surface area contributed by atoms with Crippen molar-refractivity contribution in [2.24, 2.45) is 5.41 Å². The van der Waals surface area contributed by atoms with Crippen LogP contribution in [-0.4, -0.2) is 6.54 Å². The third kappa shape index (κ3) is 3.09. The van der Waals surface area contributed by atoms with Crippen LogP contribution >= 0.6 is 0 Å². The Kier molecular flexibility index (Phi) is 5.26. The molecule has 0 aliphatic heterocycles. The Morgan fingerprint density at radius 2 is 1.55 bits per heavy atom. The van der Waals surface area contributed by atoms with Crippen LogP contribution in [-0.2, 0) is 0 Å². The number of benzene rings is 1. The minimum Gasteiger partial charge on any atom is -0.310 e. The summed E-state index contributed by atoms with van der Waals surface area (Å²) in [7, 11) is 0. The second kappa shape index (κ2) is 6.76. The van der Waals surface area contributed by atoms with E-state index in [-0.39, 0.29) is 0 Å². The first-order valence-electron chi connectivity index (χ1n) is 8.46. The molecule has 2 rings (SSSR count). The summed E-state index contributed by atoms with van der Waals surface area (Å²) >= 11 is 0. The van der Waals surface area contributed by atoms with Gasteiger partial charge in [-0.3, -0.25) is 0 Å². The molecule has 0 heterocycles.